The monoisotopic (exact) mass is 617 g/mol. The zero-order valence-electron chi connectivity index (χ0n) is 20.1. The first-order valence-electron chi connectivity index (χ1n) is 11.9. The maximum atomic E-state index is 13.6. The molecule has 0 saturated heterocycles. The minimum Gasteiger partial charge on any atom is -0.487 e. The van der Waals surface area contributed by atoms with Gasteiger partial charge in [0.1, 0.15) is 17.9 Å². The van der Waals surface area contributed by atoms with Gasteiger partial charge in [0.05, 0.1) is 21.6 Å². The number of rotatable bonds is 6. The van der Waals surface area contributed by atoms with E-state index in [4.69, 9.17) is 37.3 Å². The zero-order valence-corrected chi connectivity index (χ0v) is 23.2. The molecule has 192 valence electrons. The van der Waals surface area contributed by atoms with Gasteiger partial charge in [0.25, 0.3) is 5.56 Å². The predicted octanol–water partition coefficient (Wildman–Crippen LogP) is 8.34. The number of fused-ring (bicyclic) bond motifs is 2. The van der Waals surface area contributed by atoms with Crippen molar-refractivity contribution in [2.75, 3.05) is 0 Å². The molecule has 0 radical (unpaired) electrons. The largest absolute Gasteiger partial charge is 0.487 e. The molecule has 6 nitrogen and oxygen atoms in total. The van der Waals surface area contributed by atoms with E-state index in [0.717, 1.165) is 10.9 Å². The summed E-state index contributed by atoms with van der Waals surface area (Å²) >= 11 is 16.2. The minimum atomic E-state index is -0.341. The van der Waals surface area contributed by atoms with Crippen LogP contribution in [0.1, 0.15) is 11.1 Å². The van der Waals surface area contributed by atoms with Crippen molar-refractivity contribution >= 4 is 67.2 Å². The molecule has 39 heavy (non-hydrogen) atoms. The number of halogens is 3. The fourth-order valence-electron chi connectivity index (χ4n) is 4.20. The van der Waals surface area contributed by atoms with Crippen LogP contribution in [0.4, 0.5) is 0 Å². The van der Waals surface area contributed by atoms with Crippen LogP contribution in [0.25, 0.3) is 33.5 Å². The smallest absolute Gasteiger partial charge is 0.282 e. The van der Waals surface area contributed by atoms with Crippen molar-refractivity contribution in [2.45, 2.75) is 6.61 Å². The van der Waals surface area contributed by atoms with Crippen molar-refractivity contribution in [1.82, 2.24) is 9.66 Å². The first-order chi connectivity index (χ1) is 19.0. The number of aromatic nitrogens is 2. The summed E-state index contributed by atoms with van der Waals surface area (Å²) in [7, 11) is 0. The van der Waals surface area contributed by atoms with E-state index in [2.05, 4.69) is 21.0 Å². The Hall–Kier alpha value is -3.91. The third kappa shape index (κ3) is 5.08. The average Bonchev–Trinajstić information content (AvgIpc) is 3.37. The van der Waals surface area contributed by atoms with Crippen LogP contribution < -0.4 is 10.3 Å². The summed E-state index contributed by atoms with van der Waals surface area (Å²) in [4.78, 5) is 18.3. The van der Waals surface area contributed by atoms with Gasteiger partial charge >= 0.3 is 0 Å². The number of nitrogens with zero attached hydrogens (tertiary/aromatic N) is 3. The van der Waals surface area contributed by atoms with Crippen LogP contribution >= 0.6 is 39.1 Å². The van der Waals surface area contributed by atoms with E-state index in [9.17, 15) is 4.79 Å². The summed E-state index contributed by atoms with van der Waals surface area (Å²) in [6.45, 7) is 0.225. The van der Waals surface area contributed by atoms with Gasteiger partial charge in [-0.3, -0.25) is 4.79 Å². The molecular weight excluding hydrogens is 601 g/mol. The first-order valence-corrected chi connectivity index (χ1v) is 13.4. The summed E-state index contributed by atoms with van der Waals surface area (Å²) in [6.07, 6.45) is 1.52. The second-order valence-electron chi connectivity index (χ2n) is 8.65. The SMILES string of the molecule is O=c1c2ccccc2nc(-c2cc3ccccc3o2)n1N=Cc1cc(Cl)cc(Br)c1OCc1ccccc1Cl. The van der Waals surface area contributed by atoms with Crippen LogP contribution in [0.2, 0.25) is 10.0 Å². The summed E-state index contributed by atoms with van der Waals surface area (Å²) in [5.41, 5.74) is 2.26. The van der Waals surface area contributed by atoms with E-state index in [0.29, 0.717) is 48.1 Å². The number of ether oxygens (including phenoxy) is 1. The van der Waals surface area contributed by atoms with Gasteiger partial charge in [-0.05, 0) is 58.4 Å². The summed E-state index contributed by atoms with van der Waals surface area (Å²) in [5.74, 6) is 1.18. The molecular formula is C30H18BrCl2N3O3. The van der Waals surface area contributed by atoms with Gasteiger partial charge in [-0.2, -0.15) is 9.78 Å². The van der Waals surface area contributed by atoms with Crippen molar-refractivity contribution in [3.63, 3.8) is 0 Å². The molecule has 0 amide bonds. The molecule has 0 bridgehead atoms. The van der Waals surface area contributed by atoms with Crippen LogP contribution in [0.3, 0.4) is 0 Å². The standard InChI is InChI=1S/C30H18BrCl2N3O3/c31-23-15-21(32)13-20(28(23)38-17-19-8-1-4-10-24(19)33)16-34-36-29(27-14-18-7-2-6-12-26(18)39-27)35-25-11-5-3-9-22(25)30(36)37/h1-16H,17H2. The number of hydrogen-bond acceptors (Lipinski definition) is 5. The second-order valence-corrected chi connectivity index (χ2v) is 10.3. The maximum absolute atomic E-state index is 13.6. The van der Waals surface area contributed by atoms with Crippen LogP contribution in [0.15, 0.2) is 110 Å². The van der Waals surface area contributed by atoms with Crippen LogP contribution in [-0.2, 0) is 6.61 Å². The van der Waals surface area contributed by atoms with E-state index >= 15 is 0 Å². The van der Waals surface area contributed by atoms with Crippen molar-refractivity contribution in [3.05, 3.63) is 127 Å². The molecule has 0 N–H and O–H groups in total. The lowest BCUT2D eigenvalue weighted by Gasteiger charge is -2.13. The highest BCUT2D eigenvalue weighted by Gasteiger charge is 2.17. The molecule has 0 atom stereocenters. The van der Waals surface area contributed by atoms with Gasteiger partial charge in [0.2, 0.25) is 5.82 Å². The second kappa shape index (κ2) is 10.7. The topological polar surface area (TPSA) is 69.6 Å². The van der Waals surface area contributed by atoms with Crippen molar-refractivity contribution in [2.24, 2.45) is 5.10 Å². The van der Waals surface area contributed by atoms with Crippen LogP contribution in [0, 0.1) is 0 Å². The average molecular weight is 619 g/mol. The third-order valence-electron chi connectivity index (χ3n) is 6.08. The van der Waals surface area contributed by atoms with E-state index < -0.39 is 0 Å². The third-order valence-corrected chi connectivity index (χ3v) is 7.25. The highest BCUT2D eigenvalue weighted by atomic mass is 79.9. The zero-order chi connectivity index (χ0) is 26.9. The lowest BCUT2D eigenvalue weighted by molar-refractivity contribution is 0.304. The summed E-state index contributed by atoms with van der Waals surface area (Å²) < 4.78 is 14.0. The van der Waals surface area contributed by atoms with Gasteiger partial charge in [0, 0.05) is 26.6 Å². The van der Waals surface area contributed by atoms with Crippen LogP contribution in [-0.4, -0.2) is 15.9 Å². The van der Waals surface area contributed by atoms with Gasteiger partial charge < -0.3 is 9.15 Å². The number of hydrogen-bond donors (Lipinski definition) is 0. The normalized spacial score (nSPS) is 11.6. The molecule has 0 aliphatic heterocycles. The molecule has 9 heteroatoms. The molecule has 0 spiro atoms. The molecule has 0 fully saturated rings. The van der Waals surface area contributed by atoms with E-state index in [1.165, 1.54) is 10.9 Å². The minimum absolute atomic E-state index is 0.225. The Morgan fingerprint density at radius 2 is 1.74 bits per heavy atom. The molecule has 2 aromatic heterocycles. The van der Waals surface area contributed by atoms with Crippen LogP contribution in [0.5, 0.6) is 5.75 Å². The summed E-state index contributed by atoms with van der Waals surface area (Å²) in [6, 6.07) is 27.4. The Morgan fingerprint density at radius 3 is 2.59 bits per heavy atom. The molecule has 0 saturated carbocycles. The van der Waals surface area contributed by atoms with Gasteiger partial charge in [-0.25, -0.2) is 4.98 Å². The Kier molecular flexibility index (Phi) is 6.95. The molecule has 0 aliphatic rings. The lowest BCUT2D eigenvalue weighted by atomic mass is 10.2. The number of para-hydroxylation sites is 2. The molecule has 4 aromatic carbocycles. The Balaban J connectivity index is 1.47. The molecule has 6 aromatic rings. The van der Waals surface area contributed by atoms with Gasteiger partial charge in [-0.1, -0.05) is 71.7 Å². The Labute approximate surface area is 241 Å². The lowest BCUT2D eigenvalue weighted by Crippen LogP contribution is -2.20. The molecule has 0 unspecified atom stereocenters. The van der Waals surface area contributed by atoms with Crippen molar-refractivity contribution in [3.8, 4) is 17.3 Å². The van der Waals surface area contributed by atoms with E-state index in [1.54, 1.807) is 36.4 Å². The quantitative estimate of drug-likeness (QED) is 0.176. The van der Waals surface area contributed by atoms with E-state index in [1.807, 2.05) is 54.6 Å². The fraction of sp³-hybridized carbons (Fsp3) is 0.0333. The molecule has 2 heterocycles. The van der Waals surface area contributed by atoms with Crippen molar-refractivity contribution < 1.29 is 9.15 Å². The number of furan rings is 1. The van der Waals surface area contributed by atoms with Gasteiger partial charge in [-0.15, -0.1) is 0 Å². The maximum Gasteiger partial charge on any atom is 0.282 e. The Morgan fingerprint density at radius 1 is 0.974 bits per heavy atom. The highest BCUT2D eigenvalue weighted by Crippen LogP contribution is 2.33. The van der Waals surface area contributed by atoms with E-state index in [-0.39, 0.29) is 18.0 Å². The molecule has 6 rings (SSSR count). The molecule has 0 aliphatic carbocycles. The van der Waals surface area contributed by atoms with Gasteiger partial charge in [0.15, 0.2) is 5.76 Å². The Bertz CT molecular complexity index is 1920. The number of benzene rings is 4. The van der Waals surface area contributed by atoms with Crippen molar-refractivity contribution in [1.29, 1.82) is 0 Å². The first kappa shape index (κ1) is 25.4. The predicted molar refractivity (Wildman–Crippen MR) is 159 cm³/mol. The highest BCUT2D eigenvalue weighted by molar-refractivity contribution is 9.10. The summed E-state index contributed by atoms with van der Waals surface area (Å²) in [5, 5.41) is 6.94. The fourth-order valence-corrected chi connectivity index (χ4v) is 5.33.